The molecule has 1 N–H and O–H groups in total. The summed E-state index contributed by atoms with van der Waals surface area (Å²) in [5, 5.41) is 4.39. The SMILES string of the molecule is CC(NCc1cccc(Cl)c1)C1(C)CC1. The largest absolute Gasteiger partial charge is 0.310 e. The number of hydrogen-bond acceptors (Lipinski definition) is 1. The van der Waals surface area contributed by atoms with E-state index in [1.807, 2.05) is 18.2 Å². The number of rotatable bonds is 4. The highest BCUT2D eigenvalue weighted by molar-refractivity contribution is 6.30. The van der Waals surface area contributed by atoms with E-state index < -0.39 is 0 Å². The summed E-state index contributed by atoms with van der Waals surface area (Å²) in [6.45, 7) is 5.54. The van der Waals surface area contributed by atoms with Crippen LogP contribution in [-0.4, -0.2) is 6.04 Å². The van der Waals surface area contributed by atoms with Crippen molar-refractivity contribution in [3.63, 3.8) is 0 Å². The molecule has 0 heterocycles. The van der Waals surface area contributed by atoms with Crippen molar-refractivity contribution in [2.75, 3.05) is 0 Å². The van der Waals surface area contributed by atoms with Gasteiger partial charge in [0.05, 0.1) is 0 Å². The summed E-state index contributed by atoms with van der Waals surface area (Å²) in [5.41, 5.74) is 1.80. The highest BCUT2D eigenvalue weighted by Gasteiger charge is 2.41. The fourth-order valence-electron chi connectivity index (χ4n) is 1.79. The summed E-state index contributed by atoms with van der Waals surface area (Å²) in [4.78, 5) is 0. The first-order valence-electron chi connectivity index (χ1n) is 5.58. The van der Waals surface area contributed by atoms with Crippen molar-refractivity contribution in [2.45, 2.75) is 39.3 Å². The maximum atomic E-state index is 5.93. The van der Waals surface area contributed by atoms with Crippen LogP contribution < -0.4 is 5.32 Å². The molecule has 1 nitrogen and oxygen atoms in total. The predicted molar refractivity (Wildman–Crippen MR) is 65.1 cm³/mol. The second-order valence-electron chi connectivity index (χ2n) is 4.89. The zero-order valence-corrected chi connectivity index (χ0v) is 10.1. The summed E-state index contributed by atoms with van der Waals surface area (Å²) in [6, 6.07) is 8.65. The Morgan fingerprint density at radius 2 is 2.20 bits per heavy atom. The van der Waals surface area contributed by atoms with E-state index in [-0.39, 0.29) is 0 Å². The molecule has 1 atom stereocenters. The van der Waals surface area contributed by atoms with Gasteiger partial charge in [-0.15, -0.1) is 0 Å². The first-order chi connectivity index (χ1) is 7.10. The van der Waals surface area contributed by atoms with Crippen molar-refractivity contribution < 1.29 is 0 Å². The van der Waals surface area contributed by atoms with Gasteiger partial charge in [0.15, 0.2) is 0 Å². The maximum absolute atomic E-state index is 5.93. The monoisotopic (exact) mass is 223 g/mol. The molecule has 0 amide bonds. The van der Waals surface area contributed by atoms with Gasteiger partial charge in [-0.1, -0.05) is 30.7 Å². The van der Waals surface area contributed by atoms with Crippen molar-refractivity contribution in [2.24, 2.45) is 5.41 Å². The van der Waals surface area contributed by atoms with E-state index in [1.54, 1.807) is 0 Å². The lowest BCUT2D eigenvalue weighted by atomic mass is 10.0. The molecule has 1 aliphatic rings. The average molecular weight is 224 g/mol. The summed E-state index contributed by atoms with van der Waals surface area (Å²) in [5.74, 6) is 0. The molecule has 82 valence electrons. The first kappa shape index (κ1) is 11.0. The molecule has 15 heavy (non-hydrogen) atoms. The molecule has 0 aromatic heterocycles. The Kier molecular flexibility index (Phi) is 3.03. The van der Waals surface area contributed by atoms with Crippen LogP contribution in [0.5, 0.6) is 0 Å². The van der Waals surface area contributed by atoms with Crippen molar-refractivity contribution in [1.82, 2.24) is 5.32 Å². The maximum Gasteiger partial charge on any atom is 0.0409 e. The van der Waals surface area contributed by atoms with Gasteiger partial charge < -0.3 is 5.32 Å². The number of hydrogen-bond donors (Lipinski definition) is 1. The fraction of sp³-hybridized carbons (Fsp3) is 0.538. The minimum Gasteiger partial charge on any atom is -0.310 e. The first-order valence-corrected chi connectivity index (χ1v) is 5.96. The van der Waals surface area contributed by atoms with Crippen LogP contribution in [0.15, 0.2) is 24.3 Å². The quantitative estimate of drug-likeness (QED) is 0.822. The Morgan fingerprint density at radius 1 is 1.47 bits per heavy atom. The van der Waals surface area contributed by atoms with Crippen molar-refractivity contribution >= 4 is 11.6 Å². The van der Waals surface area contributed by atoms with Gasteiger partial charge in [-0.25, -0.2) is 0 Å². The third-order valence-corrected chi connectivity index (χ3v) is 3.82. The Hall–Kier alpha value is -0.530. The molecule has 0 aliphatic heterocycles. The molecule has 1 aliphatic carbocycles. The molecule has 2 rings (SSSR count). The topological polar surface area (TPSA) is 12.0 Å². The van der Waals surface area contributed by atoms with E-state index in [9.17, 15) is 0 Å². The van der Waals surface area contributed by atoms with Gasteiger partial charge in [0.25, 0.3) is 0 Å². The minimum atomic E-state index is 0.540. The van der Waals surface area contributed by atoms with E-state index in [1.165, 1.54) is 18.4 Å². The Morgan fingerprint density at radius 3 is 2.80 bits per heavy atom. The van der Waals surface area contributed by atoms with Gasteiger partial charge in [-0.2, -0.15) is 0 Å². The lowest BCUT2D eigenvalue weighted by molar-refractivity contribution is 0.380. The summed E-state index contributed by atoms with van der Waals surface area (Å²) < 4.78 is 0. The number of nitrogens with one attached hydrogen (secondary N) is 1. The highest BCUT2D eigenvalue weighted by atomic mass is 35.5. The van der Waals surface area contributed by atoms with Crippen LogP contribution in [0.1, 0.15) is 32.3 Å². The Bertz CT molecular complexity index is 344. The minimum absolute atomic E-state index is 0.540. The summed E-state index contributed by atoms with van der Waals surface area (Å²) in [6.07, 6.45) is 2.72. The van der Waals surface area contributed by atoms with Crippen LogP contribution in [-0.2, 0) is 6.54 Å². The van der Waals surface area contributed by atoms with Crippen molar-refractivity contribution in [3.8, 4) is 0 Å². The van der Waals surface area contributed by atoms with Crippen LogP contribution in [0.3, 0.4) is 0 Å². The fourth-order valence-corrected chi connectivity index (χ4v) is 2.01. The van der Waals surface area contributed by atoms with E-state index in [4.69, 9.17) is 11.6 Å². The van der Waals surface area contributed by atoms with Crippen LogP contribution >= 0.6 is 11.6 Å². The van der Waals surface area contributed by atoms with Gasteiger partial charge in [-0.05, 0) is 42.9 Å². The smallest absolute Gasteiger partial charge is 0.0409 e. The average Bonchev–Trinajstić information content (AvgIpc) is 2.94. The van der Waals surface area contributed by atoms with Crippen LogP contribution in [0.4, 0.5) is 0 Å². The lowest BCUT2D eigenvalue weighted by Crippen LogP contribution is -2.32. The third kappa shape index (κ3) is 2.73. The zero-order valence-electron chi connectivity index (χ0n) is 9.39. The van der Waals surface area contributed by atoms with E-state index in [0.29, 0.717) is 11.5 Å². The molecule has 1 unspecified atom stereocenters. The molecule has 0 spiro atoms. The molecule has 1 aromatic carbocycles. The zero-order chi connectivity index (χ0) is 10.9. The van der Waals surface area contributed by atoms with Crippen LogP contribution in [0.25, 0.3) is 0 Å². The molecular weight excluding hydrogens is 206 g/mol. The molecule has 0 bridgehead atoms. The summed E-state index contributed by atoms with van der Waals surface area (Å²) >= 11 is 5.93. The van der Waals surface area contributed by atoms with E-state index in [2.05, 4.69) is 25.2 Å². The van der Waals surface area contributed by atoms with Gasteiger partial charge in [-0.3, -0.25) is 0 Å². The predicted octanol–water partition coefficient (Wildman–Crippen LogP) is 3.62. The number of benzene rings is 1. The van der Waals surface area contributed by atoms with Crippen LogP contribution in [0, 0.1) is 5.41 Å². The molecule has 2 heteroatoms. The van der Waals surface area contributed by atoms with Gasteiger partial charge in [0.2, 0.25) is 0 Å². The molecular formula is C13H18ClN. The van der Waals surface area contributed by atoms with Gasteiger partial charge >= 0.3 is 0 Å². The van der Waals surface area contributed by atoms with E-state index in [0.717, 1.165) is 11.6 Å². The molecule has 0 radical (unpaired) electrons. The van der Waals surface area contributed by atoms with Gasteiger partial charge in [0.1, 0.15) is 0 Å². The molecule has 0 saturated heterocycles. The van der Waals surface area contributed by atoms with Crippen molar-refractivity contribution in [3.05, 3.63) is 34.9 Å². The highest BCUT2D eigenvalue weighted by Crippen LogP contribution is 2.47. The standard InChI is InChI=1S/C13H18ClN/c1-10(13(2)6-7-13)15-9-11-4-3-5-12(14)8-11/h3-5,8,10,15H,6-7,9H2,1-2H3. The summed E-state index contributed by atoms with van der Waals surface area (Å²) in [7, 11) is 0. The number of halogens is 1. The normalized spacial score (nSPS) is 19.9. The second kappa shape index (κ2) is 4.15. The Labute approximate surface area is 96.8 Å². The van der Waals surface area contributed by atoms with Crippen LogP contribution in [0.2, 0.25) is 5.02 Å². The molecule has 1 saturated carbocycles. The van der Waals surface area contributed by atoms with E-state index >= 15 is 0 Å². The second-order valence-corrected chi connectivity index (χ2v) is 5.32. The molecule has 1 aromatic rings. The third-order valence-electron chi connectivity index (χ3n) is 3.59. The lowest BCUT2D eigenvalue weighted by Gasteiger charge is -2.20. The Balaban J connectivity index is 1.87. The van der Waals surface area contributed by atoms with Gasteiger partial charge in [0, 0.05) is 17.6 Å². The molecule has 1 fully saturated rings. The van der Waals surface area contributed by atoms with Crippen molar-refractivity contribution in [1.29, 1.82) is 0 Å².